The van der Waals surface area contributed by atoms with Gasteiger partial charge < -0.3 is 9.30 Å². The fourth-order valence-electron chi connectivity index (χ4n) is 2.89. The molecule has 0 spiro atoms. The number of benzene rings is 1. The SMILES string of the molecule is CCCCn1c(=O)[nH]c(=O)c2c1nc(COc1cccc(S(C)(=O)=O)c1)n2C. The van der Waals surface area contributed by atoms with Crippen LogP contribution < -0.4 is 16.0 Å². The van der Waals surface area contributed by atoms with Crippen molar-refractivity contribution in [3.8, 4) is 5.75 Å². The highest BCUT2D eigenvalue weighted by Crippen LogP contribution is 2.19. The average Bonchev–Trinajstić information content (AvgIpc) is 2.96. The Morgan fingerprint density at radius 1 is 1.25 bits per heavy atom. The molecule has 0 radical (unpaired) electrons. The van der Waals surface area contributed by atoms with E-state index < -0.39 is 21.1 Å². The van der Waals surface area contributed by atoms with Crippen LogP contribution in [0, 0.1) is 0 Å². The number of imidazole rings is 1. The second-order valence-electron chi connectivity index (χ2n) is 6.56. The molecule has 3 aromatic rings. The molecule has 10 heteroatoms. The third-order valence-electron chi connectivity index (χ3n) is 4.44. The summed E-state index contributed by atoms with van der Waals surface area (Å²) in [6.07, 6.45) is 2.80. The standard InChI is InChI=1S/C18H22N4O5S/c1-4-5-9-22-16-15(17(23)20-18(22)24)21(2)14(19-16)11-27-12-7-6-8-13(10-12)28(3,25)26/h6-8,10H,4-5,9,11H2,1-3H3,(H,20,23,24). The zero-order valence-electron chi connectivity index (χ0n) is 15.9. The van der Waals surface area contributed by atoms with Gasteiger partial charge >= 0.3 is 5.69 Å². The Morgan fingerprint density at radius 2 is 2.00 bits per heavy atom. The van der Waals surface area contributed by atoms with Gasteiger partial charge in [-0.3, -0.25) is 14.3 Å². The zero-order valence-corrected chi connectivity index (χ0v) is 16.7. The molecule has 2 aromatic heterocycles. The van der Waals surface area contributed by atoms with Gasteiger partial charge in [-0.1, -0.05) is 19.4 Å². The number of hydrogen-bond donors (Lipinski definition) is 1. The number of aryl methyl sites for hydroxylation is 2. The molecule has 1 N–H and O–H groups in total. The van der Waals surface area contributed by atoms with E-state index in [4.69, 9.17) is 4.74 Å². The van der Waals surface area contributed by atoms with Crippen molar-refractivity contribution in [1.29, 1.82) is 0 Å². The van der Waals surface area contributed by atoms with Crippen molar-refractivity contribution < 1.29 is 13.2 Å². The van der Waals surface area contributed by atoms with Gasteiger partial charge in [0, 0.05) is 19.8 Å². The fraction of sp³-hybridized carbons (Fsp3) is 0.389. The van der Waals surface area contributed by atoms with Crippen molar-refractivity contribution in [2.24, 2.45) is 7.05 Å². The molecule has 150 valence electrons. The number of nitrogens with one attached hydrogen (secondary N) is 1. The minimum Gasteiger partial charge on any atom is -0.486 e. The van der Waals surface area contributed by atoms with Crippen LogP contribution in [0.2, 0.25) is 0 Å². The Bertz CT molecular complexity index is 1240. The molecule has 0 saturated heterocycles. The predicted molar refractivity (Wildman–Crippen MR) is 104 cm³/mol. The molecule has 0 amide bonds. The Labute approximate surface area is 161 Å². The smallest absolute Gasteiger partial charge is 0.330 e. The summed E-state index contributed by atoms with van der Waals surface area (Å²) in [5.41, 5.74) is -0.391. The largest absolute Gasteiger partial charge is 0.486 e. The minimum absolute atomic E-state index is 0.0137. The summed E-state index contributed by atoms with van der Waals surface area (Å²) in [5, 5.41) is 0. The Hall–Kier alpha value is -2.88. The van der Waals surface area contributed by atoms with Crippen LogP contribution in [-0.4, -0.2) is 33.8 Å². The first-order valence-corrected chi connectivity index (χ1v) is 10.7. The molecule has 28 heavy (non-hydrogen) atoms. The lowest BCUT2D eigenvalue weighted by molar-refractivity contribution is 0.291. The van der Waals surface area contributed by atoms with Gasteiger partial charge in [0.15, 0.2) is 21.0 Å². The van der Waals surface area contributed by atoms with Crippen LogP contribution >= 0.6 is 0 Å². The maximum Gasteiger partial charge on any atom is 0.330 e. The van der Waals surface area contributed by atoms with Crippen LogP contribution in [0.4, 0.5) is 0 Å². The first-order chi connectivity index (χ1) is 13.2. The van der Waals surface area contributed by atoms with Gasteiger partial charge in [-0.05, 0) is 24.6 Å². The van der Waals surface area contributed by atoms with E-state index in [1.54, 1.807) is 23.7 Å². The van der Waals surface area contributed by atoms with Crippen molar-refractivity contribution >= 4 is 21.0 Å². The van der Waals surface area contributed by atoms with Crippen LogP contribution in [0.15, 0.2) is 38.8 Å². The summed E-state index contributed by atoms with van der Waals surface area (Å²) in [5.74, 6) is 0.813. The summed E-state index contributed by atoms with van der Waals surface area (Å²) < 4.78 is 32.1. The minimum atomic E-state index is -3.35. The zero-order chi connectivity index (χ0) is 20.5. The quantitative estimate of drug-likeness (QED) is 0.630. The fourth-order valence-corrected chi connectivity index (χ4v) is 3.54. The molecule has 0 saturated carbocycles. The van der Waals surface area contributed by atoms with Gasteiger partial charge in [-0.25, -0.2) is 18.2 Å². The number of sulfone groups is 1. The van der Waals surface area contributed by atoms with Crippen LogP contribution in [0.25, 0.3) is 11.2 Å². The molecule has 0 aliphatic rings. The Morgan fingerprint density at radius 3 is 2.68 bits per heavy atom. The maximum absolute atomic E-state index is 12.3. The molecule has 0 unspecified atom stereocenters. The maximum atomic E-state index is 12.3. The van der Waals surface area contributed by atoms with Crippen LogP contribution in [0.3, 0.4) is 0 Å². The van der Waals surface area contributed by atoms with Gasteiger partial charge in [0.2, 0.25) is 0 Å². The Balaban J connectivity index is 1.96. The van der Waals surface area contributed by atoms with Gasteiger partial charge in [0.05, 0.1) is 4.90 Å². The van der Waals surface area contributed by atoms with E-state index in [0.29, 0.717) is 29.3 Å². The highest BCUT2D eigenvalue weighted by Gasteiger charge is 2.17. The number of H-pyrrole nitrogens is 1. The summed E-state index contributed by atoms with van der Waals surface area (Å²) >= 11 is 0. The summed E-state index contributed by atoms with van der Waals surface area (Å²) in [6, 6.07) is 6.15. The van der Waals surface area contributed by atoms with Gasteiger partial charge in [0.25, 0.3) is 5.56 Å². The van der Waals surface area contributed by atoms with Crippen LogP contribution in [0.1, 0.15) is 25.6 Å². The number of nitrogens with zero attached hydrogens (tertiary/aromatic N) is 3. The number of aromatic nitrogens is 4. The second kappa shape index (κ2) is 7.63. The van der Waals surface area contributed by atoms with Crippen molar-refractivity contribution in [3.05, 3.63) is 50.9 Å². The molecule has 0 bridgehead atoms. The molecule has 0 aliphatic carbocycles. The van der Waals surface area contributed by atoms with Gasteiger partial charge in [-0.2, -0.15) is 0 Å². The molecule has 0 aliphatic heterocycles. The van der Waals surface area contributed by atoms with Crippen molar-refractivity contribution in [2.75, 3.05) is 6.26 Å². The molecule has 2 heterocycles. The van der Waals surface area contributed by atoms with Gasteiger partial charge in [0.1, 0.15) is 18.2 Å². The van der Waals surface area contributed by atoms with Gasteiger partial charge in [-0.15, -0.1) is 0 Å². The van der Waals surface area contributed by atoms with Crippen molar-refractivity contribution in [2.45, 2.75) is 37.8 Å². The van der Waals surface area contributed by atoms with Crippen LogP contribution in [-0.2, 0) is 30.0 Å². The number of ether oxygens (including phenoxy) is 1. The number of unbranched alkanes of at least 4 members (excludes halogenated alkanes) is 1. The molecule has 9 nitrogen and oxygen atoms in total. The Kier molecular flexibility index (Phi) is 5.41. The predicted octanol–water partition coefficient (Wildman–Crippen LogP) is 1.21. The highest BCUT2D eigenvalue weighted by molar-refractivity contribution is 7.90. The summed E-state index contributed by atoms with van der Waals surface area (Å²) in [7, 11) is -1.67. The number of aromatic amines is 1. The monoisotopic (exact) mass is 406 g/mol. The second-order valence-corrected chi connectivity index (χ2v) is 8.58. The number of rotatable bonds is 7. The number of fused-ring (bicyclic) bond motifs is 1. The van der Waals surface area contributed by atoms with Crippen LogP contribution in [0.5, 0.6) is 5.75 Å². The molecule has 3 rings (SSSR count). The third kappa shape index (κ3) is 3.86. The molecule has 0 fully saturated rings. The third-order valence-corrected chi connectivity index (χ3v) is 5.55. The molecule has 0 atom stereocenters. The lowest BCUT2D eigenvalue weighted by atomic mass is 10.3. The van der Waals surface area contributed by atoms with E-state index in [1.165, 1.54) is 16.7 Å². The van der Waals surface area contributed by atoms with E-state index >= 15 is 0 Å². The first-order valence-electron chi connectivity index (χ1n) is 8.83. The normalized spacial score (nSPS) is 11.8. The number of hydrogen-bond acceptors (Lipinski definition) is 6. The van der Waals surface area contributed by atoms with E-state index in [0.717, 1.165) is 19.1 Å². The average molecular weight is 406 g/mol. The highest BCUT2D eigenvalue weighted by atomic mass is 32.2. The van der Waals surface area contributed by atoms with Crippen molar-refractivity contribution in [1.82, 2.24) is 19.1 Å². The van der Waals surface area contributed by atoms with Crippen molar-refractivity contribution in [3.63, 3.8) is 0 Å². The van der Waals surface area contributed by atoms with E-state index in [2.05, 4.69) is 9.97 Å². The summed E-state index contributed by atoms with van der Waals surface area (Å²) in [4.78, 5) is 31.3. The molecular formula is C18H22N4O5S. The molecular weight excluding hydrogens is 384 g/mol. The lowest BCUT2D eigenvalue weighted by Gasteiger charge is -2.07. The molecule has 1 aromatic carbocycles. The first kappa shape index (κ1) is 19.9. The topological polar surface area (TPSA) is 116 Å². The lowest BCUT2D eigenvalue weighted by Crippen LogP contribution is -2.31. The summed E-state index contributed by atoms with van der Waals surface area (Å²) in [6.45, 7) is 2.48. The van der Waals surface area contributed by atoms with E-state index in [9.17, 15) is 18.0 Å². The van der Waals surface area contributed by atoms with E-state index in [1.807, 2.05) is 6.92 Å². The van der Waals surface area contributed by atoms with E-state index in [-0.39, 0.29) is 11.5 Å².